The number of benzene rings is 6. The van der Waals surface area contributed by atoms with Crippen LogP contribution in [0.3, 0.4) is 0 Å². The fraction of sp³-hybridized carbons (Fsp3) is 0.295. The molecule has 0 aliphatic heterocycles. The smallest absolute Gasteiger partial charge is 0.158 e. The Morgan fingerprint density at radius 1 is 0.424 bits per heavy atom. The zero-order valence-electron chi connectivity index (χ0n) is 47.7. The molecule has 3 aromatic heterocycles. The van der Waals surface area contributed by atoms with E-state index in [0.29, 0.717) is 10.6 Å². The average molecular weight is 1730 g/mol. The fourth-order valence-electron chi connectivity index (χ4n) is 6.87. The summed E-state index contributed by atoms with van der Waals surface area (Å²) in [5, 5.41) is 61.7. The van der Waals surface area contributed by atoms with Gasteiger partial charge in [0.15, 0.2) is 37.7 Å². The summed E-state index contributed by atoms with van der Waals surface area (Å²) in [6.45, 7) is 5.78. The van der Waals surface area contributed by atoms with Crippen LogP contribution < -0.4 is 0 Å². The zero-order chi connectivity index (χ0) is 60.1. The van der Waals surface area contributed by atoms with Crippen molar-refractivity contribution in [3.8, 4) is 39.8 Å². The molecule has 0 saturated heterocycles. The number of aromatic nitrogens is 6. The molecule has 464 valence electrons. The molecule has 0 amide bonds. The van der Waals surface area contributed by atoms with E-state index in [9.17, 15) is 4.39 Å². The summed E-state index contributed by atoms with van der Waals surface area (Å²) >= 11 is 5.87. The van der Waals surface area contributed by atoms with Gasteiger partial charge < -0.3 is 59.1 Å². The predicted octanol–water partition coefficient (Wildman–Crippen LogP) is 8.79. The van der Waals surface area contributed by atoms with Gasteiger partial charge in [0.2, 0.25) is 0 Å². The Morgan fingerprint density at radius 3 is 0.929 bits per heavy atom. The molecule has 19 nitrogen and oxygen atoms in total. The first-order valence-corrected chi connectivity index (χ1v) is 25.5. The number of fused-ring (bicyclic) bond motifs is 3. The maximum atomic E-state index is 12.9. The number of ether oxygens (including phenoxy) is 6. The number of aryl methyl sites for hydroxylation is 3. The molecule has 6 N–H and O–H groups in total. The molecule has 6 aromatic carbocycles. The number of aliphatic hydroxyl groups is 6. The molecule has 0 saturated carbocycles. The largest absolute Gasteiger partial charge is 0.368 e. The number of rotatable bonds is 15. The molecule has 0 aliphatic rings. The van der Waals surface area contributed by atoms with E-state index in [1.807, 2.05) is 112 Å². The molecular weight excluding hydrogens is 1660 g/mol. The van der Waals surface area contributed by atoms with Crippen LogP contribution in [0.1, 0.15) is 41.9 Å². The van der Waals surface area contributed by atoms with Crippen LogP contribution in [0.15, 0.2) is 127 Å². The first-order chi connectivity index (χ1) is 39.4. The van der Waals surface area contributed by atoms with E-state index in [-0.39, 0.29) is 88.3 Å². The van der Waals surface area contributed by atoms with E-state index in [0.717, 1.165) is 84.0 Å². The molecule has 9 rings (SSSR count). The summed E-state index contributed by atoms with van der Waals surface area (Å²) in [6, 6.07) is 49.6. The van der Waals surface area contributed by atoms with Gasteiger partial charge in [-0.2, -0.15) is 0 Å². The summed E-state index contributed by atoms with van der Waals surface area (Å²) in [5.41, 5.74) is 13.3. The average Bonchev–Trinajstić information content (AvgIpc) is 3.63. The normalized spacial score (nSPS) is 12.4. The molecule has 85 heavy (non-hydrogen) atoms. The molecule has 0 aliphatic carbocycles. The number of aliphatic hydroxyl groups excluding tert-OH is 6. The molecule has 24 heteroatoms. The summed E-state index contributed by atoms with van der Waals surface area (Å²) in [4.78, 5) is 27.4. The topological polar surface area (TPSA) is 278 Å². The Kier molecular flexibility index (Phi) is 38.1. The van der Waals surface area contributed by atoms with Gasteiger partial charge in [-0.15, -0.1) is 101 Å². The van der Waals surface area contributed by atoms with E-state index in [1.54, 1.807) is 24.3 Å². The van der Waals surface area contributed by atoms with E-state index >= 15 is 0 Å². The van der Waals surface area contributed by atoms with Crippen molar-refractivity contribution < 1.29 is 127 Å². The van der Waals surface area contributed by atoms with Crippen LogP contribution >= 0.6 is 11.6 Å². The van der Waals surface area contributed by atoms with Gasteiger partial charge in [-0.3, -0.25) is 34.3 Å². The van der Waals surface area contributed by atoms with Crippen LogP contribution in [0, 0.1) is 56.1 Å². The Balaban J connectivity index is 0.000000523. The van der Waals surface area contributed by atoms with Crippen LogP contribution in [-0.2, 0) is 91.6 Å². The van der Waals surface area contributed by atoms with Crippen LogP contribution in [0.4, 0.5) is 4.39 Å². The Labute approximate surface area is 542 Å². The Morgan fingerprint density at radius 2 is 0.694 bits per heavy atom. The SMILES string of the molecule is COC(O)CC(O)OC.COC(O)CC(O)OC.COC(O)CC(O)OC.Cc1nc2ccccc2nc1-c1[c-]cc(C#N)cc1.Cc1nc2ccccc2nc1-c1[c-]cc(Cl)cc1.Cc1nc2ccccc2nc1-c1[c-]cc(F)cc1.[Pt].[Pt].[Pt]. The summed E-state index contributed by atoms with van der Waals surface area (Å²) in [6.07, 6.45) is -5.44. The monoisotopic (exact) mass is 1730 g/mol. The molecule has 0 fully saturated rings. The molecule has 6 unspecified atom stereocenters. The van der Waals surface area contributed by atoms with Crippen LogP contribution in [0.5, 0.6) is 0 Å². The first kappa shape index (κ1) is 77.6. The van der Waals surface area contributed by atoms with E-state index in [1.165, 1.54) is 54.8 Å². The standard InChI is InChI=1S/C16H10N3.C15H10ClN2.C15H10FN2.3C5H12O4.3Pt/c1-11-16(13-8-6-12(10-17)7-9-13)19-15-5-3-2-4-14(15)18-11;2*1-10-15(11-6-8-12(16)9-7-11)18-14-5-3-2-4-13(14)17-10;3*1-8-4(6)3-5(7)9-2;;;/h2-8H,1H3;2*2-6,8-9H,1H3;3*4-7H,3H2,1-2H3;;;/q3*-1;;;;;;. The van der Waals surface area contributed by atoms with Crippen molar-refractivity contribution >= 4 is 44.7 Å². The van der Waals surface area contributed by atoms with Crippen molar-refractivity contribution in [3.05, 3.63) is 179 Å². The second-order valence-electron chi connectivity index (χ2n) is 17.2. The van der Waals surface area contributed by atoms with Crippen molar-refractivity contribution in [1.82, 2.24) is 29.9 Å². The third-order valence-corrected chi connectivity index (χ3v) is 11.6. The van der Waals surface area contributed by atoms with Crippen molar-refractivity contribution in [3.63, 3.8) is 0 Å². The minimum Gasteiger partial charge on any atom is -0.368 e. The first-order valence-electron chi connectivity index (χ1n) is 25.1. The van der Waals surface area contributed by atoms with E-state index in [4.69, 9.17) is 47.5 Å². The third kappa shape index (κ3) is 26.7. The van der Waals surface area contributed by atoms with Crippen LogP contribution in [0.25, 0.3) is 66.9 Å². The number of methoxy groups -OCH3 is 6. The minimum absolute atomic E-state index is 0. The van der Waals surface area contributed by atoms with Gasteiger partial charge in [-0.25, -0.2) is 5.26 Å². The number of halogens is 2. The maximum absolute atomic E-state index is 12.9. The molecule has 0 spiro atoms. The fourth-order valence-corrected chi connectivity index (χ4v) is 6.99. The van der Waals surface area contributed by atoms with E-state index in [2.05, 4.69) is 82.6 Å². The molecule has 9 aromatic rings. The Bertz CT molecular complexity index is 3190. The van der Waals surface area contributed by atoms with Crippen LogP contribution in [0.2, 0.25) is 5.02 Å². The van der Waals surface area contributed by atoms with Crippen LogP contribution in [-0.4, -0.2) is 141 Å². The van der Waals surface area contributed by atoms with E-state index < -0.39 is 37.7 Å². The van der Waals surface area contributed by atoms with Gasteiger partial charge >= 0.3 is 0 Å². The van der Waals surface area contributed by atoms with Gasteiger partial charge in [0.05, 0.1) is 33.1 Å². The second-order valence-corrected chi connectivity index (χ2v) is 17.7. The second kappa shape index (κ2) is 41.7. The summed E-state index contributed by atoms with van der Waals surface area (Å²) < 4.78 is 39.5. The predicted molar refractivity (Wildman–Crippen MR) is 307 cm³/mol. The van der Waals surface area contributed by atoms with Gasteiger partial charge in [-0.1, -0.05) is 36.4 Å². The Hall–Kier alpha value is -5.37. The number of nitrogens with zero attached hydrogens (tertiary/aromatic N) is 7. The van der Waals surface area contributed by atoms with Crippen molar-refractivity contribution in [2.45, 2.75) is 77.8 Å². The zero-order valence-corrected chi connectivity index (χ0v) is 55.3. The molecule has 3 heterocycles. The molecular formula is C61H66ClFN7O12Pt3-3. The minimum atomic E-state index is -0.944. The summed E-state index contributed by atoms with van der Waals surface area (Å²) in [5.74, 6) is -0.301. The van der Waals surface area contributed by atoms with Crippen molar-refractivity contribution in [1.29, 1.82) is 5.26 Å². The number of hydrogen-bond donors (Lipinski definition) is 6. The van der Waals surface area contributed by atoms with Gasteiger partial charge in [-0.05, 0) is 67.8 Å². The van der Waals surface area contributed by atoms with Gasteiger partial charge in [0.1, 0.15) is 0 Å². The quantitative estimate of drug-likeness (QED) is 0.0413. The third-order valence-electron chi connectivity index (χ3n) is 11.3. The summed E-state index contributed by atoms with van der Waals surface area (Å²) in [7, 11) is 8.13. The van der Waals surface area contributed by atoms with Crippen molar-refractivity contribution in [2.75, 3.05) is 42.7 Å². The van der Waals surface area contributed by atoms with Crippen molar-refractivity contribution in [2.24, 2.45) is 0 Å². The maximum Gasteiger partial charge on any atom is 0.158 e. The molecule has 0 radical (unpaired) electrons. The number of hydrogen-bond acceptors (Lipinski definition) is 19. The molecule has 6 atom stereocenters. The van der Waals surface area contributed by atoms with Gasteiger partial charge in [0.25, 0.3) is 0 Å². The van der Waals surface area contributed by atoms with Gasteiger partial charge in [0, 0.05) is 171 Å². The molecule has 0 bridgehead atoms. The number of nitriles is 1. The number of para-hydroxylation sites is 6.